The average molecular weight is 224 g/mol. The molecule has 2 heterocycles. The molecule has 0 bridgehead atoms. The van der Waals surface area contributed by atoms with E-state index in [1.54, 1.807) is 4.90 Å². The summed E-state index contributed by atoms with van der Waals surface area (Å²) >= 11 is 0. The van der Waals surface area contributed by atoms with Gasteiger partial charge in [-0.2, -0.15) is 5.26 Å². The van der Waals surface area contributed by atoms with Crippen molar-refractivity contribution in [3.63, 3.8) is 0 Å². The van der Waals surface area contributed by atoms with Crippen LogP contribution in [-0.4, -0.2) is 50.3 Å². The summed E-state index contributed by atoms with van der Waals surface area (Å²) < 4.78 is 10.4. The van der Waals surface area contributed by atoms with Gasteiger partial charge in [0, 0.05) is 26.3 Å². The first kappa shape index (κ1) is 11.4. The van der Waals surface area contributed by atoms with Crippen molar-refractivity contribution in [1.82, 2.24) is 4.90 Å². The summed E-state index contributed by atoms with van der Waals surface area (Å²) in [5.41, 5.74) is -0.852. The molecule has 0 saturated carbocycles. The predicted octanol–water partition coefficient (Wildman–Crippen LogP) is 0.166. The second kappa shape index (κ2) is 4.81. The van der Waals surface area contributed by atoms with Crippen LogP contribution in [0, 0.1) is 16.7 Å². The fourth-order valence-electron chi connectivity index (χ4n) is 2.16. The quantitative estimate of drug-likeness (QED) is 0.636. The third-order valence-electron chi connectivity index (χ3n) is 3.27. The maximum atomic E-state index is 12.3. The second-order valence-corrected chi connectivity index (χ2v) is 4.21. The molecule has 2 aliphatic rings. The van der Waals surface area contributed by atoms with Crippen LogP contribution in [0.1, 0.15) is 12.8 Å². The molecule has 2 saturated heterocycles. The molecule has 2 fully saturated rings. The molecule has 0 unspecified atom stereocenters. The van der Waals surface area contributed by atoms with E-state index in [4.69, 9.17) is 9.47 Å². The van der Waals surface area contributed by atoms with Crippen LogP contribution in [0.5, 0.6) is 0 Å². The van der Waals surface area contributed by atoms with Crippen LogP contribution in [0.25, 0.3) is 0 Å². The Hall–Kier alpha value is -1.12. The van der Waals surface area contributed by atoms with E-state index in [9.17, 15) is 10.1 Å². The molecule has 0 spiro atoms. The SMILES string of the molecule is N#CC1(C(=O)N2CCOCC2)CCOCC1. The topological polar surface area (TPSA) is 62.6 Å². The van der Waals surface area contributed by atoms with Crippen LogP contribution in [0.15, 0.2) is 0 Å². The van der Waals surface area contributed by atoms with E-state index in [1.807, 2.05) is 0 Å². The average Bonchev–Trinajstić information content (AvgIpc) is 2.39. The summed E-state index contributed by atoms with van der Waals surface area (Å²) in [6.45, 7) is 3.35. The normalized spacial score (nSPS) is 24.8. The lowest BCUT2D eigenvalue weighted by Gasteiger charge is -2.36. The molecule has 2 rings (SSSR count). The van der Waals surface area contributed by atoms with Gasteiger partial charge in [0.15, 0.2) is 0 Å². The van der Waals surface area contributed by atoms with Crippen molar-refractivity contribution >= 4 is 5.91 Å². The van der Waals surface area contributed by atoms with Crippen molar-refractivity contribution in [2.24, 2.45) is 5.41 Å². The van der Waals surface area contributed by atoms with E-state index < -0.39 is 5.41 Å². The molecule has 0 aromatic rings. The molecule has 1 amide bonds. The van der Waals surface area contributed by atoms with Gasteiger partial charge in [-0.25, -0.2) is 0 Å². The highest BCUT2D eigenvalue weighted by atomic mass is 16.5. The third kappa shape index (κ3) is 2.04. The van der Waals surface area contributed by atoms with Gasteiger partial charge in [0.2, 0.25) is 5.91 Å². The Labute approximate surface area is 94.9 Å². The van der Waals surface area contributed by atoms with Gasteiger partial charge in [0.05, 0.1) is 19.3 Å². The molecule has 0 N–H and O–H groups in total. The lowest BCUT2D eigenvalue weighted by Crippen LogP contribution is -2.50. The van der Waals surface area contributed by atoms with Gasteiger partial charge in [-0.3, -0.25) is 4.79 Å². The summed E-state index contributed by atoms with van der Waals surface area (Å²) in [5.74, 6) is -0.0402. The number of nitriles is 1. The summed E-state index contributed by atoms with van der Waals surface area (Å²) in [6.07, 6.45) is 1.03. The van der Waals surface area contributed by atoms with Gasteiger partial charge in [-0.15, -0.1) is 0 Å². The van der Waals surface area contributed by atoms with Crippen LogP contribution in [-0.2, 0) is 14.3 Å². The van der Waals surface area contributed by atoms with E-state index in [0.717, 1.165) is 0 Å². The van der Waals surface area contributed by atoms with Crippen LogP contribution in [0.2, 0.25) is 0 Å². The molecular formula is C11H16N2O3. The number of carbonyl (C=O) groups excluding carboxylic acids is 1. The third-order valence-corrected chi connectivity index (χ3v) is 3.27. The van der Waals surface area contributed by atoms with Crippen molar-refractivity contribution < 1.29 is 14.3 Å². The van der Waals surface area contributed by atoms with E-state index >= 15 is 0 Å². The highest BCUT2D eigenvalue weighted by Gasteiger charge is 2.43. The van der Waals surface area contributed by atoms with Crippen molar-refractivity contribution in [2.45, 2.75) is 12.8 Å². The smallest absolute Gasteiger partial charge is 0.243 e. The van der Waals surface area contributed by atoms with Gasteiger partial charge in [-0.1, -0.05) is 0 Å². The number of carbonyl (C=O) groups is 1. The van der Waals surface area contributed by atoms with E-state index in [2.05, 4.69) is 6.07 Å². The molecule has 5 nitrogen and oxygen atoms in total. The Kier molecular flexibility index (Phi) is 3.42. The Morgan fingerprint density at radius 2 is 1.69 bits per heavy atom. The van der Waals surface area contributed by atoms with Crippen LogP contribution < -0.4 is 0 Å². The standard InChI is InChI=1S/C11H16N2O3/c12-9-11(1-5-15-6-2-11)10(14)13-3-7-16-8-4-13/h1-8H2. The zero-order valence-electron chi connectivity index (χ0n) is 9.28. The summed E-state index contributed by atoms with van der Waals surface area (Å²) in [7, 11) is 0. The number of amides is 1. The second-order valence-electron chi connectivity index (χ2n) is 4.21. The first-order valence-electron chi connectivity index (χ1n) is 5.65. The molecule has 16 heavy (non-hydrogen) atoms. The Bertz CT molecular complexity index is 299. The summed E-state index contributed by atoms with van der Waals surface area (Å²) in [4.78, 5) is 14.0. The summed E-state index contributed by atoms with van der Waals surface area (Å²) in [6, 6.07) is 2.20. The molecule has 0 aliphatic carbocycles. The number of hydrogen-bond acceptors (Lipinski definition) is 4. The van der Waals surface area contributed by atoms with Crippen LogP contribution in [0.4, 0.5) is 0 Å². The molecule has 0 atom stereocenters. The first-order valence-corrected chi connectivity index (χ1v) is 5.65. The zero-order valence-corrected chi connectivity index (χ0v) is 9.28. The number of morpholine rings is 1. The molecule has 0 aromatic carbocycles. The molecular weight excluding hydrogens is 208 g/mol. The largest absolute Gasteiger partial charge is 0.381 e. The minimum Gasteiger partial charge on any atom is -0.381 e. The van der Waals surface area contributed by atoms with Crippen LogP contribution in [0.3, 0.4) is 0 Å². The van der Waals surface area contributed by atoms with E-state index in [0.29, 0.717) is 52.4 Å². The lowest BCUT2D eigenvalue weighted by atomic mass is 9.80. The molecule has 0 radical (unpaired) electrons. The Morgan fingerprint density at radius 1 is 1.12 bits per heavy atom. The van der Waals surface area contributed by atoms with Crippen molar-refractivity contribution in [1.29, 1.82) is 5.26 Å². The summed E-state index contributed by atoms with van der Waals surface area (Å²) in [5, 5.41) is 9.26. The van der Waals surface area contributed by atoms with Gasteiger partial charge < -0.3 is 14.4 Å². The number of ether oxygens (including phenoxy) is 2. The fourth-order valence-corrected chi connectivity index (χ4v) is 2.16. The number of nitrogens with zero attached hydrogens (tertiary/aromatic N) is 2. The van der Waals surface area contributed by atoms with Crippen LogP contribution >= 0.6 is 0 Å². The molecule has 2 aliphatic heterocycles. The molecule has 88 valence electrons. The minimum atomic E-state index is -0.852. The predicted molar refractivity (Wildman–Crippen MR) is 55.5 cm³/mol. The van der Waals surface area contributed by atoms with Crippen molar-refractivity contribution in [3.05, 3.63) is 0 Å². The zero-order chi connectivity index (χ0) is 11.4. The number of hydrogen-bond donors (Lipinski definition) is 0. The number of rotatable bonds is 1. The van der Waals surface area contributed by atoms with Crippen molar-refractivity contribution in [3.8, 4) is 6.07 Å². The fraction of sp³-hybridized carbons (Fsp3) is 0.818. The maximum Gasteiger partial charge on any atom is 0.243 e. The van der Waals surface area contributed by atoms with E-state index in [1.165, 1.54) is 0 Å². The van der Waals surface area contributed by atoms with E-state index in [-0.39, 0.29) is 5.91 Å². The minimum absolute atomic E-state index is 0.0402. The van der Waals surface area contributed by atoms with Gasteiger partial charge in [0.1, 0.15) is 5.41 Å². The Morgan fingerprint density at radius 3 is 2.25 bits per heavy atom. The van der Waals surface area contributed by atoms with Gasteiger partial charge in [0.25, 0.3) is 0 Å². The highest BCUT2D eigenvalue weighted by Crippen LogP contribution is 2.32. The molecule has 5 heteroatoms. The van der Waals surface area contributed by atoms with Gasteiger partial charge in [-0.05, 0) is 12.8 Å². The first-order chi connectivity index (χ1) is 7.78. The monoisotopic (exact) mass is 224 g/mol. The van der Waals surface area contributed by atoms with Gasteiger partial charge >= 0.3 is 0 Å². The lowest BCUT2D eigenvalue weighted by molar-refractivity contribution is -0.147. The Balaban J connectivity index is 2.08. The maximum absolute atomic E-state index is 12.3. The highest BCUT2D eigenvalue weighted by molar-refractivity contribution is 5.85. The molecule has 0 aromatic heterocycles. The van der Waals surface area contributed by atoms with Crippen molar-refractivity contribution in [2.75, 3.05) is 39.5 Å².